The molecule has 1 fully saturated rings. The Hall–Kier alpha value is -3.67. The van der Waals surface area contributed by atoms with E-state index in [4.69, 9.17) is 4.74 Å². The number of carbonyl (C=O) groups excluding carboxylic acids is 1. The second kappa shape index (κ2) is 9.67. The number of piperidine rings is 1. The van der Waals surface area contributed by atoms with Crippen LogP contribution in [0.2, 0.25) is 0 Å². The van der Waals surface area contributed by atoms with E-state index in [9.17, 15) is 14.9 Å². The lowest BCUT2D eigenvalue weighted by Crippen LogP contribution is -2.43. The highest BCUT2D eigenvalue weighted by Crippen LogP contribution is 2.28. The molecule has 3 aromatic rings. The van der Waals surface area contributed by atoms with Gasteiger partial charge >= 0.3 is 0 Å². The van der Waals surface area contributed by atoms with Gasteiger partial charge in [-0.25, -0.2) is 0 Å². The minimum atomic E-state index is -0.124. The average Bonchev–Trinajstić information content (AvgIpc) is 2.87. The number of ether oxygens (including phenoxy) is 1. The molecule has 0 radical (unpaired) electrons. The zero-order valence-electron chi connectivity index (χ0n) is 18.9. The van der Waals surface area contributed by atoms with E-state index in [1.165, 1.54) is 0 Å². The van der Waals surface area contributed by atoms with Crippen LogP contribution >= 0.6 is 0 Å². The van der Waals surface area contributed by atoms with Gasteiger partial charge in [-0.2, -0.15) is 5.26 Å². The predicted octanol–water partition coefficient (Wildman–Crippen LogP) is 2.46. The molecule has 2 aliphatic heterocycles. The van der Waals surface area contributed by atoms with Crippen LogP contribution in [0.3, 0.4) is 0 Å². The van der Waals surface area contributed by atoms with E-state index in [1.54, 1.807) is 22.8 Å². The van der Waals surface area contributed by atoms with Gasteiger partial charge in [-0.3, -0.25) is 9.59 Å². The first-order valence-corrected chi connectivity index (χ1v) is 11.6. The monoisotopic (exact) mass is 457 g/mol. The van der Waals surface area contributed by atoms with Gasteiger partial charge in [0.2, 0.25) is 0 Å². The Balaban J connectivity index is 1.14. The van der Waals surface area contributed by atoms with Crippen LogP contribution in [0.4, 0.5) is 5.69 Å². The molecule has 0 bridgehead atoms. The largest absolute Gasteiger partial charge is 0.482 e. The average molecular weight is 458 g/mol. The Morgan fingerprint density at radius 1 is 1.06 bits per heavy atom. The van der Waals surface area contributed by atoms with Crippen molar-refractivity contribution in [3.63, 3.8) is 0 Å². The third kappa shape index (κ3) is 4.81. The summed E-state index contributed by atoms with van der Waals surface area (Å²) in [5.41, 5.74) is 3.18. The zero-order chi connectivity index (χ0) is 23.5. The number of fused-ring (bicyclic) bond motifs is 2. The Bertz CT molecular complexity index is 1320. The van der Waals surface area contributed by atoms with Gasteiger partial charge in [0, 0.05) is 31.7 Å². The van der Waals surface area contributed by atoms with Gasteiger partial charge in [0.15, 0.2) is 6.61 Å². The van der Waals surface area contributed by atoms with Crippen molar-refractivity contribution in [1.82, 2.24) is 14.8 Å². The summed E-state index contributed by atoms with van der Waals surface area (Å²) in [7, 11) is 0. The zero-order valence-corrected chi connectivity index (χ0v) is 18.9. The van der Waals surface area contributed by atoms with Crippen LogP contribution in [0, 0.1) is 11.3 Å². The third-order valence-corrected chi connectivity index (χ3v) is 6.62. The van der Waals surface area contributed by atoms with Gasteiger partial charge in [-0.15, -0.1) is 0 Å². The minimum Gasteiger partial charge on any atom is -0.482 e. The fraction of sp³-hybridized carbons (Fsp3) is 0.346. The molecule has 8 heteroatoms. The Morgan fingerprint density at radius 2 is 1.88 bits per heavy atom. The second-order valence-corrected chi connectivity index (χ2v) is 8.87. The molecule has 0 saturated carbocycles. The summed E-state index contributed by atoms with van der Waals surface area (Å²) < 4.78 is 7.20. The molecular formula is C26H27N5O3. The normalized spacial score (nSPS) is 16.5. The molecule has 8 nitrogen and oxygen atoms in total. The number of nitrogens with one attached hydrogen (secondary N) is 2. The van der Waals surface area contributed by atoms with E-state index in [0.717, 1.165) is 61.2 Å². The van der Waals surface area contributed by atoms with Crippen LogP contribution < -0.4 is 20.9 Å². The smallest absolute Gasteiger partial charge is 0.262 e. The summed E-state index contributed by atoms with van der Waals surface area (Å²) in [4.78, 5) is 26.4. The third-order valence-electron chi connectivity index (χ3n) is 6.62. The summed E-state index contributed by atoms with van der Waals surface area (Å²) in [6.07, 6.45) is 2.07. The number of pyridine rings is 1. The number of anilines is 1. The minimum absolute atomic E-state index is 0.0363. The van der Waals surface area contributed by atoms with Crippen LogP contribution in [0.15, 0.2) is 53.3 Å². The molecule has 1 saturated heterocycles. The molecule has 34 heavy (non-hydrogen) atoms. The van der Waals surface area contributed by atoms with Crippen molar-refractivity contribution in [1.29, 1.82) is 5.26 Å². The first-order valence-electron chi connectivity index (χ1n) is 11.6. The van der Waals surface area contributed by atoms with Crippen molar-refractivity contribution >= 4 is 22.5 Å². The SMILES string of the molecule is N#Cc1ccc2ccc(=O)n(CCN3CCC(NCc4ccc5c(c4)NC(=O)CO5)CC3)c2c1. The summed E-state index contributed by atoms with van der Waals surface area (Å²) in [5.74, 6) is 0.590. The molecule has 0 aliphatic carbocycles. The van der Waals surface area contributed by atoms with Gasteiger partial charge in [0.05, 0.1) is 22.8 Å². The first kappa shape index (κ1) is 22.1. The quantitative estimate of drug-likeness (QED) is 0.590. The molecule has 2 N–H and O–H groups in total. The first-order chi connectivity index (χ1) is 16.6. The number of rotatable bonds is 6. The fourth-order valence-corrected chi connectivity index (χ4v) is 4.69. The molecule has 1 amide bonds. The highest BCUT2D eigenvalue weighted by atomic mass is 16.5. The summed E-state index contributed by atoms with van der Waals surface area (Å²) in [6, 6.07) is 17.4. The van der Waals surface area contributed by atoms with Crippen LogP contribution in [0.25, 0.3) is 10.9 Å². The molecule has 0 spiro atoms. The van der Waals surface area contributed by atoms with Crippen LogP contribution in [-0.2, 0) is 17.9 Å². The van der Waals surface area contributed by atoms with Gasteiger partial charge in [0.25, 0.3) is 11.5 Å². The van der Waals surface area contributed by atoms with Crippen LogP contribution in [-0.4, -0.2) is 47.7 Å². The molecule has 3 heterocycles. The standard InChI is InChI=1S/C26H27N5O3/c27-15-18-1-3-20-4-6-26(33)31(23(20)14-18)12-11-30-9-7-21(8-10-30)28-16-19-2-5-24-22(13-19)29-25(32)17-34-24/h1-6,13-14,21,28H,7-12,16-17H2,(H,29,32). The molecule has 2 aromatic carbocycles. The lowest BCUT2D eigenvalue weighted by molar-refractivity contribution is -0.118. The van der Waals surface area contributed by atoms with Gasteiger partial charge in [-0.05, 0) is 67.2 Å². The van der Waals surface area contributed by atoms with Gasteiger partial charge < -0.3 is 24.8 Å². The van der Waals surface area contributed by atoms with E-state index >= 15 is 0 Å². The molecule has 5 rings (SSSR count). The molecule has 0 atom stereocenters. The molecule has 0 unspecified atom stereocenters. The number of nitrogens with zero attached hydrogens (tertiary/aromatic N) is 3. The van der Waals surface area contributed by atoms with E-state index < -0.39 is 0 Å². The lowest BCUT2D eigenvalue weighted by Gasteiger charge is -2.32. The Morgan fingerprint density at radius 3 is 2.71 bits per heavy atom. The number of aromatic nitrogens is 1. The predicted molar refractivity (Wildman–Crippen MR) is 130 cm³/mol. The molecular weight excluding hydrogens is 430 g/mol. The number of carbonyl (C=O) groups is 1. The van der Waals surface area contributed by atoms with Crippen molar-refractivity contribution in [3.8, 4) is 11.8 Å². The summed E-state index contributed by atoms with van der Waals surface area (Å²) in [5, 5.41) is 16.7. The Labute approximate surface area is 197 Å². The second-order valence-electron chi connectivity index (χ2n) is 8.87. The maximum Gasteiger partial charge on any atom is 0.262 e. The van der Waals surface area contributed by atoms with Gasteiger partial charge in [0.1, 0.15) is 5.75 Å². The molecule has 2 aliphatic rings. The fourth-order valence-electron chi connectivity index (χ4n) is 4.69. The van der Waals surface area contributed by atoms with E-state index in [0.29, 0.717) is 23.9 Å². The maximum absolute atomic E-state index is 12.5. The van der Waals surface area contributed by atoms with Crippen molar-refractivity contribution in [2.45, 2.75) is 32.0 Å². The highest BCUT2D eigenvalue weighted by Gasteiger charge is 2.20. The van der Waals surface area contributed by atoms with Crippen LogP contribution in [0.5, 0.6) is 5.75 Å². The van der Waals surface area contributed by atoms with E-state index in [2.05, 4.69) is 21.6 Å². The number of benzene rings is 2. The van der Waals surface area contributed by atoms with Gasteiger partial charge in [-0.1, -0.05) is 12.1 Å². The Kier molecular flexibility index (Phi) is 6.30. The number of likely N-dealkylation sites (tertiary alicyclic amines) is 1. The van der Waals surface area contributed by atoms with E-state index in [1.807, 2.05) is 30.3 Å². The molecule has 174 valence electrons. The maximum atomic E-state index is 12.5. The number of hydrogen-bond acceptors (Lipinski definition) is 6. The van der Waals surface area contributed by atoms with Crippen molar-refractivity contribution < 1.29 is 9.53 Å². The number of nitriles is 1. The lowest BCUT2D eigenvalue weighted by atomic mass is 10.0. The van der Waals surface area contributed by atoms with Crippen molar-refractivity contribution in [3.05, 3.63) is 70.0 Å². The summed E-state index contributed by atoms with van der Waals surface area (Å²) in [6.45, 7) is 4.14. The summed E-state index contributed by atoms with van der Waals surface area (Å²) >= 11 is 0. The highest BCUT2D eigenvalue weighted by molar-refractivity contribution is 5.95. The topological polar surface area (TPSA) is 99.4 Å². The van der Waals surface area contributed by atoms with Crippen molar-refractivity contribution in [2.24, 2.45) is 0 Å². The van der Waals surface area contributed by atoms with Crippen molar-refractivity contribution in [2.75, 3.05) is 31.6 Å². The number of hydrogen-bond donors (Lipinski definition) is 2. The number of amides is 1. The van der Waals surface area contributed by atoms with E-state index in [-0.39, 0.29) is 18.1 Å². The van der Waals surface area contributed by atoms with Crippen LogP contribution in [0.1, 0.15) is 24.0 Å². The molecule has 1 aromatic heterocycles.